The van der Waals surface area contributed by atoms with Crippen LogP contribution in [0.5, 0.6) is 11.5 Å². The highest BCUT2D eigenvalue weighted by Crippen LogP contribution is 2.38. The van der Waals surface area contributed by atoms with E-state index in [-0.39, 0.29) is 17.4 Å². The average Bonchev–Trinajstić information content (AvgIpc) is 2.46. The second kappa shape index (κ2) is 6.88. The van der Waals surface area contributed by atoms with Crippen LogP contribution >= 0.6 is 0 Å². The lowest BCUT2D eigenvalue weighted by molar-refractivity contribution is -0.0514. The van der Waals surface area contributed by atoms with Gasteiger partial charge in [0.15, 0.2) is 11.5 Å². The molecule has 0 saturated heterocycles. The zero-order chi connectivity index (χ0) is 14.5. The van der Waals surface area contributed by atoms with Gasteiger partial charge in [-0.25, -0.2) is 0 Å². The van der Waals surface area contributed by atoms with Crippen LogP contribution in [0.4, 0.5) is 8.78 Å². The van der Waals surface area contributed by atoms with Crippen molar-refractivity contribution in [2.75, 3.05) is 7.11 Å². The fourth-order valence-electron chi connectivity index (χ4n) is 2.79. The molecule has 1 aromatic rings. The Bertz CT molecular complexity index is 431. The van der Waals surface area contributed by atoms with E-state index in [4.69, 9.17) is 4.74 Å². The maximum absolute atomic E-state index is 12.4. The lowest BCUT2D eigenvalue weighted by Crippen LogP contribution is -2.16. The van der Waals surface area contributed by atoms with E-state index in [1.54, 1.807) is 12.1 Å². The molecular weight excluding hydrogens is 266 g/mol. The molecule has 1 N–H and O–H groups in total. The summed E-state index contributed by atoms with van der Waals surface area (Å²) >= 11 is 0. The molecule has 5 heteroatoms. The molecule has 0 heterocycles. The third-order valence-electron chi connectivity index (χ3n) is 3.84. The van der Waals surface area contributed by atoms with Gasteiger partial charge in [0.1, 0.15) is 0 Å². The molecule has 0 aromatic heterocycles. The molecule has 112 valence electrons. The van der Waals surface area contributed by atoms with Crippen LogP contribution in [0.2, 0.25) is 0 Å². The second-order valence-corrected chi connectivity index (χ2v) is 5.13. The Morgan fingerprint density at radius 3 is 2.45 bits per heavy atom. The zero-order valence-corrected chi connectivity index (χ0v) is 11.5. The maximum Gasteiger partial charge on any atom is 0.387 e. The molecule has 1 aliphatic carbocycles. The lowest BCUT2D eigenvalue weighted by atomic mass is 9.83. The second-order valence-electron chi connectivity index (χ2n) is 5.13. The molecule has 0 spiro atoms. The van der Waals surface area contributed by atoms with Crippen LogP contribution < -0.4 is 9.47 Å². The molecule has 3 nitrogen and oxygen atoms in total. The number of alkyl halides is 2. The molecule has 1 unspecified atom stereocenters. The molecule has 1 saturated carbocycles. The van der Waals surface area contributed by atoms with Crippen molar-refractivity contribution in [3.8, 4) is 11.5 Å². The Balaban J connectivity index is 2.18. The van der Waals surface area contributed by atoms with E-state index in [1.165, 1.54) is 19.6 Å². The zero-order valence-electron chi connectivity index (χ0n) is 11.5. The summed E-state index contributed by atoms with van der Waals surface area (Å²) in [5, 5.41) is 10.4. The van der Waals surface area contributed by atoms with Crippen molar-refractivity contribution in [2.24, 2.45) is 5.92 Å². The summed E-state index contributed by atoms with van der Waals surface area (Å²) in [6.07, 6.45) is 4.72. The highest BCUT2D eigenvalue weighted by atomic mass is 19.3. The van der Waals surface area contributed by atoms with E-state index in [0.717, 1.165) is 25.7 Å². The molecule has 1 aliphatic rings. The topological polar surface area (TPSA) is 38.7 Å². The smallest absolute Gasteiger partial charge is 0.387 e. The summed E-state index contributed by atoms with van der Waals surface area (Å²) in [6.45, 7) is -2.91. The number of rotatable bonds is 5. The third-order valence-corrected chi connectivity index (χ3v) is 3.84. The number of methoxy groups -OCH3 is 1. The SMILES string of the molecule is COc1ccc(C(O)C2CCCCC2)cc1OC(F)F. The monoisotopic (exact) mass is 286 g/mol. The van der Waals surface area contributed by atoms with Gasteiger partial charge in [0, 0.05) is 0 Å². The van der Waals surface area contributed by atoms with Gasteiger partial charge in [-0.3, -0.25) is 0 Å². The summed E-state index contributed by atoms with van der Waals surface area (Å²) in [7, 11) is 1.39. The Morgan fingerprint density at radius 2 is 1.85 bits per heavy atom. The van der Waals surface area contributed by atoms with Gasteiger partial charge in [-0.05, 0) is 36.5 Å². The molecule has 1 fully saturated rings. The van der Waals surface area contributed by atoms with Gasteiger partial charge in [-0.1, -0.05) is 25.3 Å². The van der Waals surface area contributed by atoms with Crippen molar-refractivity contribution in [3.63, 3.8) is 0 Å². The van der Waals surface area contributed by atoms with Crippen LogP contribution in [0, 0.1) is 5.92 Å². The summed E-state index contributed by atoms with van der Waals surface area (Å²) in [6, 6.07) is 4.71. The van der Waals surface area contributed by atoms with Gasteiger partial charge in [0.05, 0.1) is 13.2 Å². The van der Waals surface area contributed by atoms with E-state index >= 15 is 0 Å². The first-order chi connectivity index (χ1) is 9.61. The highest BCUT2D eigenvalue weighted by molar-refractivity contribution is 5.43. The van der Waals surface area contributed by atoms with Crippen LogP contribution in [0.15, 0.2) is 18.2 Å². The molecular formula is C15H20F2O3. The normalized spacial score (nSPS) is 18.1. The number of hydrogen-bond donors (Lipinski definition) is 1. The highest BCUT2D eigenvalue weighted by Gasteiger charge is 2.24. The summed E-state index contributed by atoms with van der Waals surface area (Å²) in [4.78, 5) is 0. The van der Waals surface area contributed by atoms with Gasteiger partial charge < -0.3 is 14.6 Å². The Morgan fingerprint density at radius 1 is 1.15 bits per heavy atom. The minimum absolute atomic E-state index is 0.0325. The quantitative estimate of drug-likeness (QED) is 0.892. The van der Waals surface area contributed by atoms with Gasteiger partial charge in [0.2, 0.25) is 0 Å². The van der Waals surface area contributed by atoms with Crippen molar-refractivity contribution in [1.29, 1.82) is 0 Å². The van der Waals surface area contributed by atoms with Crippen molar-refractivity contribution < 1.29 is 23.4 Å². The largest absolute Gasteiger partial charge is 0.493 e. The minimum atomic E-state index is -2.91. The Labute approximate surface area is 117 Å². The molecule has 0 radical (unpaired) electrons. The standard InChI is InChI=1S/C15H20F2O3/c1-19-12-8-7-11(9-13(12)20-15(16)17)14(18)10-5-3-2-4-6-10/h7-10,14-15,18H,2-6H2,1H3. The van der Waals surface area contributed by atoms with Crippen molar-refractivity contribution in [2.45, 2.75) is 44.8 Å². The van der Waals surface area contributed by atoms with Crippen molar-refractivity contribution >= 4 is 0 Å². The van der Waals surface area contributed by atoms with Crippen LogP contribution in [0.25, 0.3) is 0 Å². The molecule has 1 atom stereocenters. The number of ether oxygens (including phenoxy) is 2. The molecule has 0 amide bonds. The fourth-order valence-corrected chi connectivity index (χ4v) is 2.79. The van der Waals surface area contributed by atoms with Gasteiger partial charge >= 0.3 is 6.61 Å². The number of benzene rings is 1. The average molecular weight is 286 g/mol. The predicted molar refractivity (Wildman–Crippen MR) is 71.2 cm³/mol. The van der Waals surface area contributed by atoms with E-state index in [2.05, 4.69) is 4.74 Å². The predicted octanol–water partition coefficient (Wildman–Crippen LogP) is 3.91. The van der Waals surface area contributed by atoms with Crippen LogP contribution in [0.1, 0.15) is 43.8 Å². The summed E-state index contributed by atoms with van der Waals surface area (Å²) in [5.74, 6) is 0.399. The summed E-state index contributed by atoms with van der Waals surface area (Å²) in [5.41, 5.74) is 0.605. The molecule has 20 heavy (non-hydrogen) atoms. The van der Waals surface area contributed by atoms with E-state index in [0.29, 0.717) is 5.56 Å². The van der Waals surface area contributed by atoms with E-state index in [1.807, 2.05) is 0 Å². The number of aliphatic hydroxyl groups is 1. The Kier molecular flexibility index (Phi) is 5.17. The van der Waals surface area contributed by atoms with Gasteiger partial charge in [-0.2, -0.15) is 8.78 Å². The van der Waals surface area contributed by atoms with Crippen molar-refractivity contribution in [1.82, 2.24) is 0 Å². The first-order valence-corrected chi connectivity index (χ1v) is 6.92. The molecule has 0 bridgehead atoms. The first-order valence-electron chi connectivity index (χ1n) is 6.92. The summed E-state index contributed by atoms with van der Waals surface area (Å²) < 4.78 is 34.2. The van der Waals surface area contributed by atoms with Crippen LogP contribution in [-0.2, 0) is 0 Å². The van der Waals surface area contributed by atoms with E-state index < -0.39 is 12.7 Å². The number of halogens is 2. The number of aliphatic hydroxyl groups excluding tert-OH is 1. The van der Waals surface area contributed by atoms with Crippen LogP contribution in [0.3, 0.4) is 0 Å². The maximum atomic E-state index is 12.4. The molecule has 1 aromatic carbocycles. The fraction of sp³-hybridized carbons (Fsp3) is 0.600. The minimum Gasteiger partial charge on any atom is -0.493 e. The number of hydrogen-bond acceptors (Lipinski definition) is 3. The van der Waals surface area contributed by atoms with E-state index in [9.17, 15) is 13.9 Å². The van der Waals surface area contributed by atoms with Crippen LogP contribution in [-0.4, -0.2) is 18.8 Å². The van der Waals surface area contributed by atoms with Gasteiger partial charge in [0.25, 0.3) is 0 Å². The molecule has 0 aliphatic heterocycles. The van der Waals surface area contributed by atoms with Crippen molar-refractivity contribution in [3.05, 3.63) is 23.8 Å². The van der Waals surface area contributed by atoms with Gasteiger partial charge in [-0.15, -0.1) is 0 Å². The third kappa shape index (κ3) is 3.60. The molecule has 2 rings (SSSR count). The first kappa shape index (κ1) is 15.0. The lowest BCUT2D eigenvalue weighted by Gasteiger charge is -2.27. The Hall–Kier alpha value is -1.36.